The predicted molar refractivity (Wildman–Crippen MR) is 297 cm³/mol. The van der Waals surface area contributed by atoms with Crippen LogP contribution in [0.3, 0.4) is 0 Å². The maximum atomic E-state index is 12.9. The van der Waals surface area contributed by atoms with Crippen molar-refractivity contribution in [3.05, 3.63) is 122 Å². The Hall–Kier alpha value is -4.12. The average Bonchev–Trinajstić information content (AvgIpc) is 3.37. The van der Waals surface area contributed by atoms with Gasteiger partial charge in [-0.05, 0) is 103 Å². The Bertz CT molecular complexity index is 1670. The third kappa shape index (κ3) is 50.8. The van der Waals surface area contributed by atoms with E-state index in [1.807, 2.05) is 12.2 Å². The molecule has 0 rings (SSSR count). The van der Waals surface area contributed by atoms with Crippen LogP contribution < -0.4 is 0 Å². The van der Waals surface area contributed by atoms with E-state index in [1.54, 1.807) is 0 Å². The number of phosphoric ester groups is 1. The van der Waals surface area contributed by atoms with Gasteiger partial charge >= 0.3 is 25.7 Å². The standard InChI is InChI=1S/C60H97O11P/c1-4-7-10-13-16-19-21-23-25-27-28-30-31-33-35-38-40-43-46-49-58(62)67-53-57(71-60(64)51-48-45-42-39-36-34-32-29-26-24-22-20-17-14-11-8-5-2)55-69-72(65,66)68-54-56(52-61)70-59(63)50-47-44-41-37-18-15-12-9-6-3/h7-8,10-11,16-17,19-20,23-26,28,30,32-35,39,42,56-57,61H,4-6,9,12-15,18,21-22,27,29,31,36-38,40-41,43-55H2,1-3H3,(H,65,66)/b10-7-,11-8-,19-16-,20-17-,25-23-,26-24-,30-28-,34-32-,35-33-,42-39-. The normalized spacial score (nSPS) is 14.3. The van der Waals surface area contributed by atoms with Gasteiger partial charge in [0.1, 0.15) is 12.7 Å². The van der Waals surface area contributed by atoms with Gasteiger partial charge in [-0.25, -0.2) is 4.57 Å². The molecule has 0 aliphatic rings. The van der Waals surface area contributed by atoms with Gasteiger partial charge in [-0.2, -0.15) is 0 Å². The van der Waals surface area contributed by atoms with Gasteiger partial charge < -0.3 is 24.2 Å². The quantitative estimate of drug-likeness (QED) is 0.0197. The largest absolute Gasteiger partial charge is 0.472 e. The summed E-state index contributed by atoms with van der Waals surface area (Å²) in [6, 6.07) is 0. The molecular weight excluding hydrogens is 928 g/mol. The third-order valence-electron chi connectivity index (χ3n) is 10.9. The van der Waals surface area contributed by atoms with Crippen LogP contribution in [0.4, 0.5) is 0 Å². The van der Waals surface area contributed by atoms with Crippen molar-refractivity contribution in [1.82, 2.24) is 0 Å². The molecule has 0 fully saturated rings. The van der Waals surface area contributed by atoms with Crippen LogP contribution in [0.15, 0.2) is 122 Å². The lowest BCUT2D eigenvalue weighted by atomic mass is 10.1. The van der Waals surface area contributed by atoms with Crippen molar-refractivity contribution in [3.8, 4) is 0 Å². The molecule has 72 heavy (non-hydrogen) atoms. The number of hydrogen-bond acceptors (Lipinski definition) is 10. The summed E-state index contributed by atoms with van der Waals surface area (Å²) in [5, 5.41) is 9.76. The fourth-order valence-electron chi connectivity index (χ4n) is 6.77. The summed E-state index contributed by atoms with van der Waals surface area (Å²) in [4.78, 5) is 48.4. The van der Waals surface area contributed by atoms with E-state index >= 15 is 0 Å². The molecule has 0 aliphatic carbocycles. The Morgan fingerprint density at radius 2 is 0.736 bits per heavy atom. The van der Waals surface area contributed by atoms with E-state index in [0.717, 1.165) is 103 Å². The Labute approximate surface area is 437 Å². The summed E-state index contributed by atoms with van der Waals surface area (Å²) in [6.07, 6.45) is 64.7. The Kier molecular flexibility index (Phi) is 50.1. The van der Waals surface area contributed by atoms with Crippen LogP contribution in [0.5, 0.6) is 0 Å². The molecule has 0 aliphatic heterocycles. The van der Waals surface area contributed by atoms with Crippen molar-refractivity contribution < 1.29 is 52.2 Å². The fraction of sp³-hybridized carbons (Fsp3) is 0.617. The van der Waals surface area contributed by atoms with E-state index in [0.29, 0.717) is 25.7 Å². The molecule has 0 aromatic carbocycles. The smallest absolute Gasteiger partial charge is 0.462 e. The van der Waals surface area contributed by atoms with Gasteiger partial charge in [0.15, 0.2) is 6.10 Å². The van der Waals surface area contributed by atoms with Crippen LogP contribution in [-0.4, -0.2) is 66.5 Å². The maximum Gasteiger partial charge on any atom is 0.472 e. The van der Waals surface area contributed by atoms with Gasteiger partial charge in [0.2, 0.25) is 0 Å². The number of phosphoric acid groups is 1. The molecule has 408 valence electrons. The Balaban J connectivity index is 4.89. The molecule has 0 amide bonds. The Morgan fingerprint density at radius 3 is 1.17 bits per heavy atom. The lowest BCUT2D eigenvalue weighted by Gasteiger charge is -2.21. The average molecular weight is 1030 g/mol. The summed E-state index contributed by atoms with van der Waals surface area (Å²) in [5.41, 5.74) is 0. The highest BCUT2D eigenvalue weighted by atomic mass is 31.2. The van der Waals surface area contributed by atoms with Gasteiger partial charge in [0.25, 0.3) is 0 Å². The molecule has 12 heteroatoms. The zero-order valence-electron chi connectivity index (χ0n) is 44.8. The van der Waals surface area contributed by atoms with Gasteiger partial charge in [-0.3, -0.25) is 23.4 Å². The molecule has 0 aromatic rings. The van der Waals surface area contributed by atoms with Crippen molar-refractivity contribution in [2.75, 3.05) is 26.4 Å². The van der Waals surface area contributed by atoms with Crippen molar-refractivity contribution in [3.63, 3.8) is 0 Å². The third-order valence-corrected chi connectivity index (χ3v) is 11.8. The van der Waals surface area contributed by atoms with E-state index in [1.165, 1.54) is 32.1 Å². The van der Waals surface area contributed by atoms with E-state index in [-0.39, 0.29) is 25.9 Å². The minimum absolute atomic E-state index is 0.0759. The Morgan fingerprint density at radius 1 is 0.403 bits per heavy atom. The van der Waals surface area contributed by atoms with Crippen LogP contribution in [0.1, 0.15) is 201 Å². The van der Waals surface area contributed by atoms with Crippen molar-refractivity contribution in [2.45, 2.75) is 213 Å². The number of ether oxygens (including phenoxy) is 3. The second-order valence-electron chi connectivity index (χ2n) is 17.6. The zero-order chi connectivity index (χ0) is 52.7. The number of aliphatic hydroxyl groups excluding tert-OH is 1. The number of hydrogen-bond donors (Lipinski definition) is 2. The van der Waals surface area contributed by atoms with Crippen molar-refractivity contribution in [2.24, 2.45) is 0 Å². The number of carbonyl (C=O) groups excluding carboxylic acids is 3. The highest BCUT2D eigenvalue weighted by Crippen LogP contribution is 2.43. The van der Waals surface area contributed by atoms with Crippen LogP contribution in [0.25, 0.3) is 0 Å². The summed E-state index contributed by atoms with van der Waals surface area (Å²) in [7, 11) is -4.77. The number of aliphatic hydroxyl groups is 1. The zero-order valence-corrected chi connectivity index (χ0v) is 45.7. The molecule has 0 saturated carbocycles. The first-order valence-corrected chi connectivity index (χ1v) is 28.9. The fourth-order valence-corrected chi connectivity index (χ4v) is 7.55. The van der Waals surface area contributed by atoms with Crippen molar-refractivity contribution >= 4 is 25.7 Å². The lowest BCUT2D eigenvalue weighted by Crippen LogP contribution is -2.30. The van der Waals surface area contributed by atoms with E-state index in [4.69, 9.17) is 23.3 Å². The maximum absolute atomic E-state index is 12.9. The van der Waals surface area contributed by atoms with Crippen LogP contribution in [0, 0.1) is 0 Å². The van der Waals surface area contributed by atoms with Crippen LogP contribution in [0.2, 0.25) is 0 Å². The van der Waals surface area contributed by atoms with Gasteiger partial charge in [0, 0.05) is 19.3 Å². The molecule has 3 unspecified atom stereocenters. The molecule has 0 saturated heterocycles. The number of esters is 3. The number of rotatable bonds is 49. The first-order valence-electron chi connectivity index (χ1n) is 27.4. The lowest BCUT2D eigenvalue weighted by molar-refractivity contribution is -0.161. The first-order chi connectivity index (χ1) is 35.2. The van der Waals surface area contributed by atoms with Crippen molar-refractivity contribution in [1.29, 1.82) is 0 Å². The summed E-state index contributed by atoms with van der Waals surface area (Å²) in [6.45, 7) is 4.26. The number of unbranched alkanes of at least 4 members (excludes halogenated alkanes) is 12. The van der Waals surface area contributed by atoms with Gasteiger partial charge in [-0.15, -0.1) is 0 Å². The number of carbonyl (C=O) groups is 3. The molecule has 0 aromatic heterocycles. The van der Waals surface area contributed by atoms with E-state index in [9.17, 15) is 28.9 Å². The highest BCUT2D eigenvalue weighted by molar-refractivity contribution is 7.47. The minimum atomic E-state index is -4.77. The highest BCUT2D eigenvalue weighted by Gasteiger charge is 2.28. The minimum Gasteiger partial charge on any atom is -0.462 e. The molecule has 0 radical (unpaired) electrons. The number of allylic oxidation sites excluding steroid dienone is 20. The summed E-state index contributed by atoms with van der Waals surface area (Å²) in [5.74, 6) is -1.59. The summed E-state index contributed by atoms with van der Waals surface area (Å²) < 4.78 is 39.3. The van der Waals surface area contributed by atoms with E-state index in [2.05, 4.69) is 130 Å². The molecule has 0 spiro atoms. The van der Waals surface area contributed by atoms with E-state index < -0.39 is 57.8 Å². The molecule has 3 atom stereocenters. The molecule has 0 heterocycles. The SMILES string of the molecule is CC/C=C\C/C=C\C/C=C\C/C=C\C/C=C\CCCCCC(=O)OCC(COP(=O)(O)OCC(CO)OC(=O)CCCCCCCCCCC)OC(=O)CCC/C=C\C/C=C\C/C=C\C/C=C\C/C=C\CC. The van der Waals surface area contributed by atoms with Crippen LogP contribution >= 0.6 is 7.82 Å². The molecule has 2 N–H and O–H groups in total. The van der Waals surface area contributed by atoms with Gasteiger partial charge in [0.05, 0.1) is 19.8 Å². The molecule has 0 bridgehead atoms. The van der Waals surface area contributed by atoms with Gasteiger partial charge in [-0.1, -0.05) is 200 Å². The second-order valence-corrected chi connectivity index (χ2v) is 19.1. The first kappa shape index (κ1) is 67.9. The summed E-state index contributed by atoms with van der Waals surface area (Å²) >= 11 is 0. The molecular formula is C60H97O11P. The molecule has 11 nitrogen and oxygen atoms in total. The monoisotopic (exact) mass is 1020 g/mol. The predicted octanol–water partition coefficient (Wildman–Crippen LogP) is 16.0. The topological polar surface area (TPSA) is 155 Å². The second kappa shape index (κ2) is 53.2. The van der Waals surface area contributed by atoms with Crippen LogP contribution in [-0.2, 0) is 42.2 Å².